The summed E-state index contributed by atoms with van der Waals surface area (Å²) in [5.41, 5.74) is 2.33. The molecular weight excluding hydrogens is 288 g/mol. The van der Waals surface area contributed by atoms with Crippen LogP contribution in [0.2, 0.25) is 0 Å². The molecule has 20 heavy (non-hydrogen) atoms. The SMILES string of the molecule is O=C(c1ccsc1)N1CC(N2CCc3sccc3C2)C1. The zero-order valence-corrected chi connectivity index (χ0v) is 12.8. The van der Waals surface area contributed by atoms with E-state index in [2.05, 4.69) is 16.3 Å². The molecule has 2 aromatic heterocycles. The molecule has 2 aliphatic heterocycles. The molecule has 1 amide bonds. The second-order valence-corrected chi connectivity index (χ2v) is 7.25. The summed E-state index contributed by atoms with van der Waals surface area (Å²) in [6, 6.07) is 4.71. The molecule has 0 N–H and O–H groups in total. The molecule has 1 saturated heterocycles. The molecule has 104 valence electrons. The minimum absolute atomic E-state index is 0.190. The number of amides is 1. The number of carbonyl (C=O) groups is 1. The van der Waals surface area contributed by atoms with Crippen LogP contribution in [0.15, 0.2) is 28.3 Å². The normalized spacial score (nSPS) is 19.7. The van der Waals surface area contributed by atoms with Crippen LogP contribution in [-0.2, 0) is 13.0 Å². The molecule has 0 saturated carbocycles. The Balaban J connectivity index is 1.37. The topological polar surface area (TPSA) is 23.6 Å². The number of nitrogens with zero attached hydrogens (tertiary/aromatic N) is 2. The van der Waals surface area contributed by atoms with E-state index >= 15 is 0 Å². The average Bonchev–Trinajstić information content (AvgIpc) is 3.07. The van der Waals surface area contributed by atoms with Crippen molar-refractivity contribution in [1.29, 1.82) is 0 Å². The number of carbonyl (C=O) groups excluding carboxylic acids is 1. The molecule has 2 aromatic rings. The van der Waals surface area contributed by atoms with Crippen LogP contribution in [0, 0.1) is 0 Å². The fourth-order valence-corrected chi connectivity index (χ4v) is 4.52. The first kappa shape index (κ1) is 12.6. The predicted molar refractivity (Wildman–Crippen MR) is 82.4 cm³/mol. The van der Waals surface area contributed by atoms with Crippen molar-refractivity contribution < 1.29 is 4.79 Å². The Labute approximate surface area is 126 Å². The molecule has 0 spiro atoms. The van der Waals surface area contributed by atoms with E-state index < -0.39 is 0 Å². The first-order valence-electron chi connectivity index (χ1n) is 6.92. The lowest BCUT2D eigenvalue weighted by Crippen LogP contribution is -2.61. The van der Waals surface area contributed by atoms with Gasteiger partial charge in [0.2, 0.25) is 0 Å². The van der Waals surface area contributed by atoms with E-state index in [1.54, 1.807) is 16.2 Å². The third kappa shape index (κ3) is 2.10. The van der Waals surface area contributed by atoms with Crippen molar-refractivity contribution >= 4 is 28.6 Å². The summed E-state index contributed by atoms with van der Waals surface area (Å²) in [7, 11) is 0. The van der Waals surface area contributed by atoms with Crippen LogP contribution in [0.25, 0.3) is 0 Å². The van der Waals surface area contributed by atoms with Crippen molar-refractivity contribution in [2.45, 2.75) is 19.0 Å². The second kappa shape index (κ2) is 4.98. The predicted octanol–water partition coefficient (Wildman–Crippen LogP) is 2.69. The van der Waals surface area contributed by atoms with Gasteiger partial charge in [-0.1, -0.05) is 0 Å². The van der Waals surface area contributed by atoms with E-state index in [0.29, 0.717) is 6.04 Å². The summed E-state index contributed by atoms with van der Waals surface area (Å²) < 4.78 is 0. The molecule has 2 aliphatic rings. The fraction of sp³-hybridized carbons (Fsp3) is 0.400. The number of hydrogen-bond acceptors (Lipinski definition) is 4. The van der Waals surface area contributed by atoms with Gasteiger partial charge < -0.3 is 4.90 Å². The van der Waals surface area contributed by atoms with Crippen molar-refractivity contribution in [1.82, 2.24) is 9.80 Å². The van der Waals surface area contributed by atoms with Gasteiger partial charge in [0.15, 0.2) is 0 Å². The van der Waals surface area contributed by atoms with Gasteiger partial charge in [-0.3, -0.25) is 9.69 Å². The van der Waals surface area contributed by atoms with Crippen LogP contribution < -0.4 is 0 Å². The highest BCUT2D eigenvalue weighted by molar-refractivity contribution is 7.10. The van der Waals surface area contributed by atoms with Gasteiger partial charge >= 0.3 is 0 Å². The smallest absolute Gasteiger partial charge is 0.254 e. The van der Waals surface area contributed by atoms with E-state index in [4.69, 9.17) is 0 Å². The lowest BCUT2D eigenvalue weighted by molar-refractivity contribution is 0.0221. The monoisotopic (exact) mass is 304 g/mol. The Morgan fingerprint density at radius 2 is 2.15 bits per heavy atom. The van der Waals surface area contributed by atoms with Gasteiger partial charge in [0.05, 0.1) is 5.56 Å². The Hall–Kier alpha value is -1.17. The Morgan fingerprint density at radius 3 is 2.95 bits per heavy atom. The van der Waals surface area contributed by atoms with E-state index in [1.807, 2.05) is 33.1 Å². The van der Waals surface area contributed by atoms with Crippen molar-refractivity contribution in [2.24, 2.45) is 0 Å². The Kier molecular flexibility index (Phi) is 3.13. The Morgan fingerprint density at radius 1 is 1.25 bits per heavy atom. The third-order valence-electron chi connectivity index (χ3n) is 4.27. The van der Waals surface area contributed by atoms with Gasteiger partial charge in [0, 0.05) is 42.5 Å². The number of fused-ring (bicyclic) bond motifs is 1. The number of likely N-dealkylation sites (tertiary alicyclic amines) is 1. The maximum Gasteiger partial charge on any atom is 0.254 e. The average molecular weight is 304 g/mol. The molecule has 0 atom stereocenters. The van der Waals surface area contributed by atoms with Crippen molar-refractivity contribution in [3.63, 3.8) is 0 Å². The van der Waals surface area contributed by atoms with Crippen LogP contribution in [0.1, 0.15) is 20.8 Å². The molecule has 0 bridgehead atoms. The molecule has 3 nitrogen and oxygen atoms in total. The zero-order chi connectivity index (χ0) is 13.5. The summed E-state index contributed by atoms with van der Waals surface area (Å²) in [6.45, 7) is 3.96. The first-order chi connectivity index (χ1) is 9.81. The first-order valence-corrected chi connectivity index (χ1v) is 8.74. The number of hydrogen-bond donors (Lipinski definition) is 0. The van der Waals surface area contributed by atoms with Crippen LogP contribution in [0.5, 0.6) is 0 Å². The van der Waals surface area contributed by atoms with Crippen LogP contribution in [0.4, 0.5) is 0 Å². The molecule has 4 rings (SSSR count). The highest BCUT2D eigenvalue weighted by Gasteiger charge is 2.36. The van der Waals surface area contributed by atoms with Gasteiger partial charge in [-0.05, 0) is 34.9 Å². The molecule has 0 unspecified atom stereocenters. The van der Waals surface area contributed by atoms with Gasteiger partial charge in [0.1, 0.15) is 0 Å². The molecule has 4 heterocycles. The van der Waals surface area contributed by atoms with E-state index in [0.717, 1.165) is 31.7 Å². The standard InChI is InChI=1S/C15H16N2OS2/c18-15(12-2-5-19-10-12)17-8-13(9-17)16-4-1-14-11(7-16)3-6-20-14/h2-3,5-6,10,13H,1,4,7-9H2. The largest absolute Gasteiger partial charge is 0.335 e. The van der Waals surface area contributed by atoms with Crippen LogP contribution in [-0.4, -0.2) is 41.4 Å². The highest BCUT2D eigenvalue weighted by atomic mass is 32.1. The van der Waals surface area contributed by atoms with E-state index in [9.17, 15) is 4.79 Å². The van der Waals surface area contributed by atoms with Gasteiger partial charge in [-0.25, -0.2) is 0 Å². The summed E-state index contributed by atoms with van der Waals surface area (Å²) in [5.74, 6) is 0.190. The van der Waals surface area contributed by atoms with E-state index in [-0.39, 0.29) is 5.91 Å². The van der Waals surface area contributed by atoms with Gasteiger partial charge in [-0.2, -0.15) is 11.3 Å². The molecule has 0 aliphatic carbocycles. The number of thiophene rings is 2. The molecule has 5 heteroatoms. The lowest BCUT2D eigenvalue weighted by Gasteiger charge is -2.46. The van der Waals surface area contributed by atoms with Crippen molar-refractivity contribution in [3.05, 3.63) is 44.3 Å². The fourth-order valence-electron chi connectivity index (χ4n) is 3.00. The van der Waals surface area contributed by atoms with E-state index in [1.165, 1.54) is 12.0 Å². The summed E-state index contributed by atoms with van der Waals surface area (Å²) in [5, 5.41) is 6.10. The third-order valence-corrected chi connectivity index (χ3v) is 5.98. The zero-order valence-electron chi connectivity index (χ0n) is 11.1. The second-order valence-electron chi connectivity index (χ2n) is 5.47. The van der Waals surface area contributed by atoms with Gasteiger partial charge in [-0.15, -0.1) is 11.3 Å². The lowest BCUT2D eigenvalue weighted by atomic mass is 10.0. The number of rotatable bonds is 2. The summed E-state index contributed by atoms with van der Waals surface area (Å²) in [4.78, 5) is 18.2. The van der Waals surface area contributed by atoms with Crippen molar-refractivity contribution in [2.75, 3.05) is 19.6 Å². The maximum atomic E-state index is 12.2. The minimum atomic E-state index is 0.190. The van der Waals surface area contributed by atoms with Crippen molar-refractivity contribution in [3.8, 4) is 0 Å². The van der Waals surface area contributed by atoms with Crippen LogP contribution >= 0.6 is 22.7 Å². The summed E-state index contributed by atoms with van der Waals surface area (Å²) in [6.07, 6.45) is 1.17. The maximum absolute atomic E-state index is 12.2. The molecule has 1 fully saturated rings. The highest BCUT2D eigenvalue weighted by Crippen LogP contribution is 2.28. The Bertz CT molecular complexity index is 614. The van der Waals surface area contributed by atoms with Crippen LogP contribution in [0.3, 0.4) is 0 Å². The van der Waals surface area contributed by atoms with Gasteiger partial charge in [0.25, 0.3) is 5.91 Å². The quantitative estimate of drug-likeness (QED) is 0.851. The molecule has 0 radical (unpaired) electrons. The molecule has 0 aromatic carbocycles. The summed E-state index contributed by atoms with van der Waals surface area (Å²) >= 11 is 3.46. The minimum Gasteiger partial charge on any atom is -0.335 e. The molecular formula is C15H16N2OS2.